The summed E-state index contributed by atoms with van der Waals surface area (Å²) in [5.74, 6) is 0.207. The lowest BCUT2D eigenvalue weighted by Gasteiger charge is -2.32. The molecule has 0 saturated carbocycles. The second-order valence-electron chi connectivity index (χ2n) is 7.64. The number of thiophene rings is 1. The summed E-state index contributed by atoms with van der Waals surface area (Å²) in [5.41, 5.74) is 6.61. The topological polar surface area (TPSA) is 94.1 Å². The fraction of sp³-hybridized carbons (Fsp3) is 0.364. The third kappa shape index (κ3) is 4.99. The van der Waals surface area contributed by atoms with Crippen molar-refractivity contribution in [2.75, 3.05) is 13.1 Å². The molecule has 1 aliphatic rings. The Hall–Kier alpha value is -2.65. The molecule has 162 valence electrons. The number of piperidine rings is 1. The Morgan fingerprint density at radius 1 is 1.23 bits per heavy atom. The van der Waals surface area contributed by atoms with Crippen molar-refractivity contribution < 1.29 is 9.59 Å². The summed E-state index contributed by atoms with van der Waals surface area (Å²) in [6, 6.07) is 14.2. The Morgan fingerprint density at radius 2 is 2.03 bits per heavy atom. The molecule has 0 bridgehead atoms. The van der Waals surface area contributed by atoms with Crippen molar-refractivity contribution in [3.8, 4) is 10.7 Å². The van der Waals surface area contributed by atoms with Gasteiger partial charge in [-0.25, -0.2) is 0 Å². The van der Waals surface area contributed by atoms with Crippen LogP contribution in [0, 0.1) is 5.92 Å². The average Bonchev–Trinajstić information content (AvgIpc) is 3.44. The SMILES string of the molecule is CC(Sc1nnc(-c2cccs2)n1Cc1ccccc1)C(=O)N1CCCC(C(N)=O)C1. The van der Waals surface area contributed by atoms with Crippen molar-refractivity contribution in [3.05, 3.63) is 53.4 Å². The molecule has 7 nitrogen and oxygen atoms in total. The zero-order valence-corrected chi connectivity index (χ0v) is 18.9. The molecule has 2 N–H and O–H groups in total. The van der Waals surface area contributed by atoms with Crippen LogP contribution in [0.1, 0.15) is 25.3 Å². The van der Waals surface area contributed by atoms with Crippen LogP contribution in [-0.2, 0) is 16.1 Å². The zero-order valence-electron chi connectivity index (χ0n) is 17.3. The number of hydrogen-bond acceptors (Lipinski definition) is 6. The molecule has 1 aliphatic heterocycles. The van der Waals surface area contributed by atoms with Gasteiger partial charge in [-0.15, -0.1) is 21.5 Å². The van der Waals surface area contributed by atoms with Gasteiger partial charge in [-0.1, -0.05) is 48.2 Å². The third-order valence-corrected chi connectivity index (χ3v) is 7.34. The van der Waals surface area contributed by atoms with Crippen LogP contribution in [0.15, 0.2) is 53.0 Å². The molecule has 9 heteroatoms. The molecular weight excluding hydrogens is 430 g/mol. The predicted molar refractivity (Wildman–Crippen MR) is 123 cm³/mol. The first-order valence-corrected chi connectivity index (χ1v) is 12.0. The highest BCUT2D eigenvalue weighted by molar-refractivity contribution is 8.00. The number of primary amides is 1. The van der Waals surface area contributed by atoms with Gasteiger partial charge >= 0.3 is 0 Å². The van der Waals surface area contributed by atoms with Crippen LogP contribution in [0.5, 0.6) is 0 Å². The van der Waals surface area contributed by atoms with Crippen LogP contribution in [0.4, 0.5) is 0 Å². The average molecular weight is 456 g/mol. The predicted octanol–water partition coefficient (Wildman–Crippen LogP) is 3.26. The number of nitrogens with two attached hydrogens (primary N) is 1. The maximum atomic E-state index is 13.1. The first-order chi connectivity index (χ1) is 15.0. The first kappa shape index (κ1) is 21.6. The van der Waals surface area contributed by atoms with E-state index in [1.165, 1.54) is 11.8 Å². The van der Waals surface area contributed by atoms with Gasteiger partial charge < -0.3 is 10.6 Å². The van der Waals surface area contributed by atoms with Crippen LogP contribution in [0.2, 0.25) is 0 Å². The Kier molecular flexibility index (Phi) is 6.72. The highest BCUT2D eigenvalue weighted by Crippen LogP contribution is 2.31. The molecule has 2 unspecified atom stereocenters. The number of carbonyl (C=O) groups is 2. The van der Waals surface area contributed by atoms with Crippen LogP contribution in [0.25, 0.3) is 10.7 Å². The molecule has 1 saturated heterocycles. The molecule has 1 aromatic carbocycles. The maximum Gasteiger partial charge on any atom is 0.235 e. The molecular formula is C22H25N5O2S2. The fourth-order valence-corrected chi connectivity index (χ4v) is 5.40. The van der Waals surface area contributed by atoms with Crippen molar-refractivity contribution in [1.82, 2.24) is 19.7 Å². The molecule has 0 aliphatic carbocycles. The number of thioether (sulfide) groups is 1. The molecule has 3 heterocycles. The largest absolute Gasteiger partial charge is 0.369 e. The molecule has 0 radical (unpaired) electrons. The molecule has 2 atom stereocenters. The number of rotatable bonds is 7. The van der Waals surface area contributed by atoms with Crippen molar-refractivity contribution in [1.29, 1.82) is 0 Å². The summed E-state index contributed by atoms with van der Waals surface area (Å²) in [5, 5.41) is 11.2. The minimum Gasteiger partial charge on any atom is -0.369 e. The van der Waals surface area contributed by atoms with Crippen molar-refractivity contribution >= 4 is 34.9 Å². The van der Waals surface area contributed by atoms with E-state index in [0.29, 0.717) is 24.8 Å². The van der Waals surface area contributed by atoms with E-state index in [-0.39, 0.29) is 23.0 Å². The molecule has 1 fully saturated rings. The van der Waals surface area contributed by atoms with E-state index in [1.54, 1.807) is 16.2 Å². The second kappa shape index (κ2) is 9.65. The molecule has 2 aromatic heterocycles. The normalized spacial score (nSPS) is 17.5. The number of aromatic nitrogens is 3. The summed E-state index contributed by atoms with van der Waals surface area (Å²) in [4.78, 5) is 27.4. The van der Waals surface area contributed by atoms with E-state index < -0.39 is 0 Å². The molecule has 31 heavy (non-hydrogen) atoms. The van der Waals surface area contributed by atoms with Gasteiger partial charge in [0.25, 0.3) is 0 Å². The van der Waals surface area contributed by atoms with Crippen LogP contribution < -0.4 is 5.73 Å². The Labute approximate surface area is 189 Å². The van der Waals surface area contributed by atoms with E-state index in [0.717, 1.165) is 29.1 Å². The van der Waals surface area contributed by atoms with Gasteiger partial charge in [0, 0.05) is 13.1 Å². The van der Waals surface area contributed by atoms with Gasteiger partial charge in [-0.3, -0.25) is 14.2 Å². The van der Waals surface area contributed by atoms with Crippen LogP contribution in [-0.4, -0.2) is 49.8 Å². The number of hydrogen-bond donors (Lipinski definition) is 1. The monoisotopic (exact) mass is 455 g/mol. The van der Waals surface area contributed by atoms with E-state index in [4.69, 9.17) is 5.73 Å². The number of carbonyl (C=O) groups excluding carboxylic acids is 2. The molecule has 4 rings (SSSR count). The van der Waals surface area contributed by atoms with E-state index in [2.05, 4.69) is 26.9 Å². The summed E-state index contributed by atoms with van der Waals surface area (Å²) >= 11 is 3.02. The quantitative estimate of drug-likeness (QED) is 0.552. The fourth-order valence-electron chi connectivity index (χ4n) is 3.75. The van der Waals surface area contributed by atoms with E-state index in [1.807, 2.05) is 42.6 Å². The van der Waals surface area contributed by atoms with E-state index >= 15 is 0 Å². The standard InChI is InChI=1S/C22H25N5O2S2/c1-15(21(29)26-11-5-9-17(14-26)19(23)28)31-22-25-24-20(18-10-6-12-30-18)27(22)13-16-7-3-2-4-8-16/h2-4,6-8,10,12,15,17H,5,9,11,13-14H2,1H3,(H2,23,28). The van der Waals surface area contributed by atoms with Gasteiger partial charge in [0.1, 0.15) is 0 Å². The first-order valence-electron chi connectivity index (χ1n) is 10.3. The lowest BCUT2D eigenvalue weighted by molar-refractivity contribution is -0.134. The van der Waals surface area contributed by atoms with Crippen molar-refractivity contribution in [2.24, 2.45) is 11.7 Å². The smallest absolute Gasteiger partial charge is 0.235 e. The highest BCUT2D eigenvalue weighted by Gasteiger charge is 2.30. The van der Waals surface area contributed by atoms with Crippen LogP contribution >= 0.6 is 23.1 Å². The Morgan fingerprint density at radius 3 is 2.74 bits per heavy atom. The lowest BCUT2D eigenvalue weighted by Crippen LogP contribution is -2.46. The van der Waals surface area contributed by atoms with Crippen LogP contribution in [0.3, 0.4) is 0 Å². The van der Waals surface area contributed by atoms with Gasteiger partial charge in [-0.2, -0.15) is 0 Å². The number of likely N-dealkylation sites (tertiary alicyclic amines) is 1. The van der Waals surface area contributed by atoms with Crippen molar-refractivity contribution in [2.45, 2.75) is 36.7 Å². The minimum atomic E-state index is -0.346. The number of nitrogens with zero attached hydrogens (tertiary/aromatic N) is 4. The minimum absolute atomic E-state index is 0.00267. The summed E-state index contributed by atoms with van der Waals surface area (Å²) in [7, 11) is 0. The number of amides is 2. The Bertz CT molecular complexity index is 1040. The second-order valence-corrected chi connectivity index (χ2v) is 9.90. The molecule has 2 amide bonds. The highest BCUT2D eigenvalue weighted by atomic mass is 32.2. The van der Waals surface area contributed by atoms with Gasteiger partial charge in [0.15, 0.2) is 11.0 Å². The van der Waals surface area contributed by atoms with Gasteiger partial charge in [0.2, 0.25) is 11.8 Å². The zero-order chi connectivity index (χ0) is 21.8. The summed E-state index contributed by atoms with van der Waals surface area (Å²) in [6.07, 6.45) is 1.54. The van der Waals surface area contributed by atoms with E-state index in [9.17, 15) is 9.59 Å². The maximum absolute atomic E-state index is 13.1. The van der Waals surface area contributed by atoms with Crippen molar-refractivity contribution in [3.63, 3.8) is 0 Å². The third-order valence-electron chi connectivity index (χ3n) is 5.41. The van der Waals surface area contributed by atoms with Gasteiger partial charge in [-0.05, 0) is 36.8 Å². The lowest BCUT2D eigenvalue weighted by atomic mass is 9.97. The molecule has 3 aromatic rings. The van der Waals surface area contributed by atoms with Gasteiger partial charge in [0.05, 0.1) is 22.6 Å². The summed E-state index contributed by atoms with van der Waals surface area (Å²) in [6.45, 7) is 3.56. The summed E-state index contributed by atoms with van der Waals surface area (Å²) < 4.78 is 2.07. The number of benzene rings is 1. The Balaban J connectivity index is 1.55. The molecule has 0 spiro atoms.